The number of nitrogens with one attached hydrogen (secondary N) is 2. The van der Waals surface area contributed by atoms with Gasteiger partial charge < -0.3 is 10.2 Å². The first-order valence-electron chi connectivity index (χ1n) is 6.95. The molecular weight excluding hydrogens is 236 g/mol. The molecule has 0 radical (unpaired) electrons. The minimum Gasteiger partial charge on any atom is -0.371 e. The zero-order chi connectivity index (χ0) is 12.9. The van der Waals surface area contributed by atoms with Crippen molar-refractivity contribution in [2.75, 3.05) is 18.0 Å². The lowest BCUT2D eigenvalue weighted by molar-refractivity contribution is 0.691. The van der Waals surface area contributed by atoms with Crippen LogP contribution in [0.15, 0.2) is 36.7 Å². The van der Waals surface area contributed by atoms with Crippen molar-refractivity contribution >= 4 is 5.69 Å². The van der Waals surface area contributed by atoms with Gasteiger partial charge >= 0.3 is 0 Å². The summed E-state index contributed by atoms with van der Waals surface area (Å²) in [5.41, 5.74) is 3.96. The van der Waals surface area contributed by atoms with E-state index in [0.29, 0.717) is 0 Å². The van der Waals surface area contributed by atoms with Gasteiger partial charge in [0.1, 0.15) is 0 Å². The first kappa shape index (κ1) is 12.2. The molecular formula is C15H20N4. The number of H-pyrrole nitrogens is 1. The van der Waals surface area contributed by atoms with Crippen LogP contribution in [-0.2, 0) is 13.1 Å². The molecule has 0 aliphatic carbocycles. The van der Waals surface area contributed by atoms with Gasteiger partial charge in [-0.1, -0.05) is 18.2 Å². The molecule has 19 heavy (non-hydrogen) atoms. The first-order valence-corrected chi connectivity index (χ1v) is 6.95. The molecule has 0 spiro atoms. The number of aromatic nitrogens is 2. The molecule has 1 aromatic heterocycles. The third kappa shape index (κ3) is 2.96. The summed E-state index contributed by atoms with van der Waals surface area (Å²) in [7, 11) is 0. The number of hydrogen-bond donors (Lipinski definition) is 2. The van der Waals surface area contributed by atoms with Crippen LogP contribution in [0.25, 0.3) is 0 Å². The number of rotatable bonds is 5. The lowest BCUT2D eigenvalue weighted by Crippen LogP contribution is -2.21. The van der Waals surface area contributed by atoms with E-state index in [1.807, 2.05) is 12.4 Å². The van der Waals surface area contributed by atoms with Gasteiger partial charge in [-0.25, -0.2) is 0 Å². The van der Waals surface area contributed by atoms with Crippen molar-refractivity contribution < 1.29 is 0 Å². The second-order valence-corrected chi connectivity index (χ2v) is 5.03. The van der Waals surface area contributed by atoms with E-state index in [-0.39, 0.29) is 0 Å². The Morgan fingerprint density at radius 1 is 1.16 bits per heavy atom. The van der Waals surface area contributed by atoms with Crippen LogP contribution >= 0.6 is 0 Å². The number of nitrogens with zero attached hydrogens (tertiary/aromatic N) is 2. The fraction of sp³-hybridized carbons (Fsp3) is 0.400. The summed E-state index contributed by atoms with van der Waals surface area (Å²) >= 11 is 0. The average molecular weight is 256 g/mol. The topological polar surface area (TPSA) is 44.0 Å². The molecule has 1 fully saturated rings. The summed E-state index contributed by atoms with van der Waals surface area (Å²) in [6, 6.07) is 8.71. The molecule has 0 amide bonds. The van der Waals surface area contributed by atoms with Gasteiger partial charge in [0.2, 0.25) is 0 Å². The van der Waals surface area contributed by atoms with Crippen molar-refractivity contribution in [1.29, 1.82) is 0 Å². The predicted molar refractivity (Wildman–Crippen MR) is 77.0 cm³/mol. The zero-order valence-electron chi connectivity index (χ0n) is 11.1. The van der Waals surface area contributed by atoms with Gasteiger partial charge in [0.05, 0.1) is 6.20 Å². The SMILES string of the molecule is c1ccc(N2CCCC2)c(CNCc2cn[nH]c2)c1. The third-order valence-corrected chi connectivity index (χ3v) is 3.64. The van der Waals surface area contributed by atoms with E-state index >= 15 is 0 Å². The van der Waals surface area contributed by atoms with Crippen molar-refractivity contribution in [3.05, 3.63) is 47.8 Å². The maximum Gasteiger partial charge on any atom is 0.0532 e. The Bertz CT molecular complexity index is 501. The molecule has 2 N–H and O–H groups in total. The van der Waals surface area contributed by atoms with Crippen LogP contribution in [0.2, 0.25) is 0 Å². The van der Waals surface area contributed by atoms with Crippen molar-refractivity contribution in [1.82, 2.24) is 15.5 Å². The van der Waals surface area contributed by atoms with Crippen LogP contribution in [0.1, 0.15) is 24.0 Å². The Morgan fingerprint density at radius 2 is 2.00 bits per heavy atom. The lowest BCUT2D eigenvalue weighted by atomic mass is 10.1. The third-order valence-electron chi connectivity index (χ3n) is 3.64. The number of hydrogen-bond acceptors (Lipinski definition) is 3. The number of para-hydroxylation sites is 1. The second-order valence-electron chi connectivity index (χ2n) is 5.03. The van der Waals surface area contributed by atoms with Gasteiger partial charge in [-0.15, -0.1) is 0 Å². The predicted octanol–water partition coefficient (Wildman–Crippen LogP) is 2.30. The monoisotopic (exact) mass is 256 g/mol. The maximum absolute atomic E-state index is 3.96. The van der Waals surface area contributed by atoms with Crippen molar-refractivity contribution in [2.24, 2.45) is 0 Å². The van der Waals surface area contributed by atoms with Gasteiger partial charge in [0, 0.05) is 43.6 Å². The largest absolute Gasteiger partial charge is 0.371 e. The molecule has 1 aliphatic rings. The van der Waals surface area contributed by atoms with E-state index in [9.17, 15) is 0 Å². The lowest BCUT2D eigenvalue weighted by Gasteiger charge is -2.21. The summed E-state index contributed by atoms with van der Waals surface area (Å²) in [5, 5.41) is 10.3. The van der Waals surface area contributed by atoms with E-state index in [2.05, 4.69) is 44.7 Å². The van der Waals surface area contributed by atoms with Crippen molar-refractivity contribution in [3.8, 4) is 0 Å². The highest BCUT2D eigenvalue weighted by Crippen LogP contribution is 2.24. The Hall–Kier alpha value is -1.81. The Kier molecular flexibility index (Phi) is 3.79. The molecule has 0 saturated carbocycles. The van der Waals surface area contributed by atoms with Gasteiger partial charge in [-0.2, -0.15) is 5.10 Å². The fourth-order valence-corrected chi connectivity index (χ4v) is 2.64. The summed E-state index contributed by atoms with van der Waals surface area (Å²) < 4.78 is 0. The Labute approximate surface area is 113 Å². The van der Waals surface area contributed by atoms with E-state index in [1.54, 1.807) is 0 Å². The molecule has 4 nitrogen and oxygen atoms in total. The minimum absolute atomic E-state index is 0.852. The molecule has 1 aliphatic heterocycles. The molecule has 0 bridgehead atoms. The molecule has 0 atom stereocenters. The minimum atomic E-state index is 0.852. The van der Waals surface area contributed by atoms with E-state index in [1.165, 1.54) is 42.7 Å². The number of benzene rings is 1. The van der Waals surface area contributed by atoms with E-state index in [0.717, 1.165) is 13.1 Å². The molecule has 2 aromatic rings. The Morgan fingerprint density at radius 3 is 2.79 bits per heavy atom. The van der Waals surface area contributed by atoms with E-state index < -0.39 is 0 Å². The standard InChI is InChI=1S/C15H20N4/c1-2-6-15(19-7-3-4-8-19)14(5-1)12-16-9-13-10-17-18-11-13/h1-2,5-6,10-11,16H,3-4,7-9,12H2,(H,17,18). The highest BCUT2D eigenvalue weighted by atomic mass is 15.1. The highest BCUT2D eigenvalue weighted by molar-refractivity contribution is 5.54. The smallest absolute Gasteiger partial charge is 0.0532 e. The van der Waals surface area contributed by atoms with Gasteiger partial charge in [-0.3, -0.25) is 5.10 Å². The second kappa shape index (κ2) is 5.89. The van der Waals surface area contributed by atoms with Crippen LogP contribution in [0.3, 0.4) is 0 Å². The fourth-order valence-electron chi connectivity index (χ4n) is 2.64. The van der Waals surface area contributed by atoms with Crippen LogP contribution in [0.4, 0.5) is 5.69 Å². The van der Waals surface area contributed by atoms with Crippen LogP contribution in [-0.4, -0.2) is 23.3 Å². The summed E-state index contributed by atoms with van der Waals surface area (Å²) in [6.45, 7) is 4.14. The van der Waals surface area contributed by atoms with Gasteiger partial charge in [0.15, 0.2) is 0 Å². The van der Waals surface area contributed by atoms with Crippen molar-refractivity contribution in [3.63, 3.8) is 0 Å². The summed E-state index contributed by atoms with van der Waals surface area (Å²) in [4.78, 5) is 2.49. The number of anilines is 1. The summed E-state index contributed by atoms with van der Waals surface area (Å²) in [5.74, 6) is 0. The normalized spacial score (nSPS) is 15.1. The molecule has 100 valence electrons. The Balaban J connectivity index is 1.63. The first-order chi connectivity index (χ1) is 9.43. The molecule has 1 aromatic carbocycles. The average Bonchev–Trinajstić information content (AvgIpc) is 3.12. The van der Waals surface area contributed by atoms with Crippen molar-refractivity contribution in [2.45, 2.75) is 25.9 Å². The quantitative estimate of drug-likeness (QED) is 0.862. The molecule has 4 heteroatoms. The maximum atomic E-state index is 3.96. The zero-order valence-corrected chi connectivity index (χ0v) is 11.1. The molecule has 0 unspecified atom stereocenters. The molecule has 2 heterocycles. The van der Waals surface area contributed by atoms with Gasteiger partial charge in [0.25, 0.3) is 0 Å². The highest BCUT2D eigenvalue weighted by Gasteiger charge is 2.14. The molecule has 3 rings (SSSR count). The molecule has 1 saturated heterocycles. The number of aromatic amines is 1. The van der Waals surface area contributed by atoms with Gasteiger partial charge in [-0.05, 0) is 24.5 Å². The van der Waals surface area contributed by atoms with E-state index in [4.69, 9.17) is 0 Å². The summed E-state index contributed by atoms with van der Waals surface area (Å²) in [6.07, 6.45) is 6.42. The van der Waals surface area contributed by atoms with Crippen LogP contribution in [0.5, 0.6) is 0 Å². The van der Waals surface area contributed by atoms with Crippen LogP contribution in [0, 0.1) is 0 Å². The van der Waals surface area contributed by atoms with Crippen LogP contribution < -0.4 is 10.2 Å².